The van der Waals surface area contributed by atoms with Crippen LogP contribution in [0.2, 0.25) is 0 Å². The molecule has 1 aliphatic heterocycles. The number of rotatable bonds is 4. The summed E-state index contributed by atoms with van der Waals surface area (Å²) in [5.41, 5.74) is 0.561. The molecule has 0 aliphatic carbocycles. The van der Waals surface area contributed by atoms with Crippen molar-refractivity contribution in [3.63, 3.8) is 0 Å². The van der Waals surface area contributed by atoms with E-state index in [1.807, 2.05) is 4.90 Å². The van der Waals surface area contributed by atoms with E-state index in [2.05, 4.69) is 10.3 Å². The Bertz CT molecular complexity index is 1240. The second kappa shape index (κ2) is 9.73. The second-order valence-electron chi connectivity index (χ2n) is 8.15. The van der Waals surface area contributed by atoms with Crippen LogP contribution in [0.4, 0.5) is 29.1 Å². The number of anilines is 2. The number of amides is 2. The van der Waals surface area contributed by atoms with Crippen LogP contribution in [0.25, 0.3) is 0 Å². The van der Waals surface area contributed by atoms with Crippen molar-refractivity contribution in [2.75, 3.05) is 36.4 Å². The third-order valence-corrected chi connectivity index (χ3v) is 5.82. The number of benzene rings is 2. The number of carbonyl (C=O) groups excluding carboxylic acids is 2. The molecule has 2 aromatic carbocycles. The largest absolute Gasteiger partial charge is 0.417 e. The van der Waals surface area contributed by atoms with Crippen molar-refractivity contribution in [1.82, 2.24) is 9.88 Å². The number of piperazine rings is 1. The molecule has 0 bridgehead atoms. The van der Waals surface area contributed by atoms with Gasteiger partial charge in [-0.05, 0) is 48.9 Å². The third kappa shape index (κ3) is 5.42. The number of pyridine rings is 1. The van der Waals surface area contributed by atoms with Crippen molar-refractivity contribution in [2.45, 2.75) is 13.1 Å². The fourth-order valence-electron chi connectivity index (χ4n) is 3.79. The van der Waals surface area contributed by atoms with Crippen LogP contribution < -0.4 is 10.2 Å². The normalized spacial score (nSPS) is 14.1. The van der Waals surface area contributed by atoms with Gasteiger partial charge in [-0.15, -0.1) is 0 Å². The van der Waals surface area contributed by atoms with Gasteiger partial charge in [-0.3, -0.25) is 9.59 Å². The molecule has 1 aromatic heterocycles. The molecule has 6 nitrogen and oxygen atoms in total. The number of hydrogen-bond donors (Lipinski definition) is 1. The Balaban J connectivity index is 1.41. The van der Waals surface area contributed by atoms with E-state index in [4.69, 9.17) is 0 Å². The lowest BCUT2D eigenvalue weighted by Gasteiger charge is -2.35. The molecule has 2 amide bonds. The Morgan fingerprint density at radius 2 is 1.69 bits per heavy atom. The highest BCUT2D eigenvalue weighted by Gasteiger charge is 2.31. The maximum absolute atomic E-state index is 13.9. The Kier molecular flexibility index (Phi) is 6.72. The molecule has 0 saturated carbocycles. The number of aromatic nitrogens is 1. The summed E-state index contributed by atoms with van der Waals surface area (Å²) in [6.07, 6.45) is -3.64. The smallest absolute Gasteiger partial charge is 0.353 e. The molecule has 0 spiro atoms. The van der Waals surface area contributed by atoms with E-state index in [1.54, 1.807) is 36.1 Å². The van der Waals surface area contributed by atoms with Gasteiger partial charge in [0.2, 0.25) is 0 Å². The molecule has 0 unspecified atom stereocenters. The van der Waals surface area contributed by atoms with Crippen molar-refractivity contribution >= 4 is 23.3 Å². The Hall–Kier alpha value is -3.95. The first-order chi connectivity index (χ1) is 16.6. The van der Waals surface area contributed by atoms with Crippen molar-refractivity contribution in [3.05, 3.63) is 88.9 Å². The van der Waals surface area contributed by atoms with Crippen LogP contribution >= 0.6 is 0 Å². The van der Waals surface area contributed by atoms with Gasteiger partial charge in [0.15, 0.2) is 0 Å². The second-order valence-corrected chi connectivity index (χ2v) is 8.15. The zero-order valence-corrected chi connectivity index (χ0v) is 18.8. The lowest BCUT2D eigenvalue weighted by Crippen LogP contribution is -2.49. The monoisotopic (exact) mass is 486 g/mol. The average Bonchev–Trinajstić information content (AvgIpc) is 2.85. The van der Waals surface area contributed by atoms with Gasteiger partial charge in [0, 0.05) is 43.6 Å². The summed E-state index contributed by atoms with van der Waals surface area (Å²) in [6.45, 7) is 3.29. The van der Waals surface area contributed by atoms with E-state index in [9.17, 15) is 27.2 Å². The van der Waals surface area contributed by atoms with Gasteiger partial charge in [0.05, 0.1) is 11.1 Å². The summed E-state index contributed by atoms with van der Waals surface area (Å²) in [7, 11) is 0. The number of halogens is 4. The zero-order valence-electron chi connectivity index (χ0n) is 18.8. The average molecular weight is 486 g/mol. The van der Waals surface area contributed by atoms with Crippen molar-refractivity contribution in [1.29, 1.82) is 0 Å². The summed E-state index contributed by atoms with van der Waals surface area (Å²) < 4.78 is 52.2. The minimum atomic E-state index is -4.45. The standard InChI is InChI=1S/C25H22F4N4O2/c1-16-6-7-17(14-21(16)31-23(34)19-4-2-3-5-20(19)26)24(35)33-12-10-32(11-13-33)22-9-8-18(15-30-22)25(27,28)29/h2-9,14-15H,10-13H2,1H3,(H,31,34). The third-order valence-electron chi connectivity index (χ3n) is 5.82. The molecule has 1 N–H and O–H groups in total. The maximum atomic E-state index is 13.9. The topological polar surface area (TPSA) is 65.5 Å². The Morgan fingerprint density at radius 3 is 2.31 bits per heavy atom. The van der Waals surface area contributed by atoms with Gasteiger partial charge in [-0.25, -0.2) is 9.37 Å². The maximum Gasteiger partial charge on any atom is 0.417 e. The Morgan fingerprint density at radius 1 is 0.971 bits per heavy atom. The highest BCUT2D eigenvalue weighted by atomic mass is 19.4. The summed E-state index contributed by atoms with van der Waals surface area (Å²) in [5.74, 6) is -1.09. The first-order valence-corrected chi connectivity index (χ1v) is 10.9. The predicted octanol–water partition coefficient (Wildman–Crippen LogP) is 4.76. The van der Waals surface area contributed by atoms with E-state index in [-0.39, 0.29) is 11.5 Å². The molecule has 3 aromatic rings. The summed E-state index contributed by atoms with van der Waals surface area (Å²) in [4.78, 5) is 32.9. The van der Waals surface area contributed by atoms with Crippen LogP contribution in [0.3, 0.4) is 0 Å². The molecule has 4 rings (SSSR count). The van der Waals surface area contributed by atoms with Crippen molar-refractivity contribution in [3.8, 4) is 0 Å². The van der Waals surface area contributed by atoms with Gasteiger partial charge >= 0.3 is 6.18 Å². The number of carbonyl (C=O) groups is 2. The number of nitrogens with zero attached hydrogens (tertiary/aromatic N) is 3. The fourth-order valence-corrected chi connectivity index (χ4v) is 3.79. The van der Waals surface area contributed by atoms with E-state index in [1.165, 1.54) is 24.3 Å². The van der Waals surface area contributed by atoms with Gasteiger partial charge in [0.25, 0.3) is 11.8 Å². The van der Waals surface area contributed by atoms with Crippen molar-refractivity contribution in [2.24, 2.45) is 0 Å². The first-order valence-electron chi connectivity index (χ1n) is 10.9. The summed E-state index contributed by atoms with van der Waals surface area (Å²) in [6, 6.07) is 12.8. The van der Waals surface area contributed by atoms with E-state index >= 15 is 0 Å². The molecule has 35 heavy (non-hydrogen) atoms. The molecule has 0 radical (unpaired) electrons. The highest BCUT2D eigenvalue weighted by Crippen LogP contribution is 2.29. The van der Waals surface area contributed by atoms with Crippen LogP contribution in [0, 0.1) is 12.7 Å². The zero-order chi connectivity index (χ0) is 25.2. The molecule has 10 heteroatoms. The van der Waals surface area contributed by atoms with Gasteiger partial charge in [-0.1, -0.05) is 18.2 Å². The van der Waals surface area contributed by atoms with Crippen molar-refractivity contribution < 1.29 is 27.2 Å². The molecular weight excluding hydrogens is 464 g/mol. The fraction of sp³-hybridized carbons (Fsp3) is 0.240. The number of nitrogens with one attached hydrogen (secondary N) is 1. The lowest BCUT2D eigenvalue weighted by atomic mass is 10.1. The molecule has 2 heterocycles. The SMILES string of the molecule is Cc1ccc(C(=O)N2CCN(c3ccc(C(F)(F)F)cn3)CC2)cc1NC(=O)c1ccccc1F. The predicted molar refractivity (Wildman–Crippen MR) is 123 cm³/mol. The number of aryl methyl sites for hydroxylation is 1. The van der Waals surface area contributed by atoms with Crippen LogP contribution in [0.5, 0.6) is 0 Å². The van der Waals surface area contributed by atoms with Crippen LogP contribution in [-0.2, 0) is 6.18 Å². The molecule has 1 saturated heterocycles. The minimum absolute atomic E-state index is 0.100. The Labute approximate surface area is 199 Å². The van der Waals surface area contributed by atoms with E-state index in [0.29, 0.717) is 48.8 Å². The van der Waals surface area contributed by atoms with Gasteiger partial charge in [-0.2, -0.15) is 13.2 Å². The molecule has 1 fully saturated rings. The first kappa shape index (κ1) is 24.2. The van der Waals surface area contributed by atoms with Crippen LogP contribution in [-0.4, -0.2) is 47.9 Å². The van der Waals surface area contributed by atoms with E-state index < -0.39 is 23.5 Å². The minimum Gasteiger partial charge on any atom is -0.353 e. The van der Waals surface area contributed by atoms with Gasteiger partial charge < -0.3 is 15.1 Å². The highest BCUT2D eigenvalue weighted by molar-refractivity contribution is 6.05. The van der Waals surface area contributed by atoms with Crippen LogP contribution in [0.15, 0.2) is 60.8 Å². The number of alkyl halides is 3. The summed E-state index contributed by atoms with van der Waals surface area (Å²) >= 11 is 0. The molecule has 0 atom stereocenters. The van der Waals surface area contributed by atoms with E-state index in [0.717, 1.165) is 12.3 Å². The molecule has 1 aliphatic rings. The molecule has 182 valence electrons. The van der Waals surface area contributed by atoms with Gasteiger partial charge in [0.1, 0.15) is 11.6 Å². The van der Waals surface area contributed by atoms with Crippen LogP contribution in [0.1, 0.15) is 31.8 Å². The lowest BCUT2D eigenvalue weighted by molar-refractivity contribution is -0.137. The number of hydrogen-bond acceptors (Lipinski definition) is 4. The summed E-state index contributed by atoms with van der Waals surface area (Å²) in [5, 5.41) is 2.66. The molecular formula is C25H22F4N4O2. The quantitative estimate of drug-likeness (QED) is 0.540.